The third kappa shape index (κ3) is 3.10. The van der Waals surface area contributed by atoms with E-state index < -0.39 is 0 Å². The number of hydrogen-bond donors (Lipinski definition) is 0. The van der Waals surface area contributed by atoms with Crippen molar-refractivity contribution in [3.63, 3.8) is 0 Å². The SMILES string of the molecule is Cc1ccc2c(c1)c1c(n2CC(=O)Oc2ccc(F)cc2)CN(C)CC1. The number of carbonyl (C=O) groups is 1. The molecule has 2 heterocycles. The second-order valence-electron chi connectivity index (χ2n) is 6.95. The Kier molecular flexibility index (Phi) is 4.24. The summed E-state index contributed by atoms with van der Waals surface area (Å²) < 4.78 is 20.5. The lowest BCUT2D eigenvalue weighted by molar-refractivity contribution is -0.135. The minimum Gasteiger partial charge on any atom is -0.425 e. The Balaban J connectivity index is 1.68. The highest BCUT2D eigenvalue weighted by Crippen LogP contribution is 2.31. The van der Waals surface area contributed by atoms with E-state index in [4.69, 9.17) is 4.74 Å². The third-order valence-electron chi connectivity index (χ3n) is 4.94. The first-order valence-corrected chi connectivity index (χ1v) is 8.76. The van der Waals surface area contributed by atoms with E-state index in [2.05, 4.69) is 41.6 Å². The topological polar surface area (TPSA) is 34.5 Å². The zero-order chi connectivity index (χ0) is 18.3. The Bertz CT molecular complexity index is 976. The Hall–Kier alpha value is -2.66. The first-order chi connectivity index (χ1) is 12.5. The fraction of sp³-hybridized carbons (Fsp3) is 0.286. The number of aryl methyl sites for hydroxylation is 1. The van der Waals surface area contributed by atoms with Gasteiger partial charge in [0.05, 0.1) is 0 Å². The van der Waals surface area contributed by atoms with Crippen LogP contribution in [0.25, 0.3) is 10.9 Å². The van der Waals surface area contributed by atoms with Crippen LogP contribution in [0.4, 0.5) is 4.39 Å². The molecule has 0 atom stereocenters. The molecule has 4 nitrogen and oxygen atoms in total. The smallest absolute Gasteiger partial charge is 0.331 e. The molecule has 0 N–H and O–H groups in total. The molecule has 0 saturated carbocycles. The number of likely N-dealkylation sites (N-methyl/N-ethyl adjacent to an activating group) is 1. The van der Waals surface area contributed by atoms with E-state index in [1.807, 2.05) is 0 Å². The van der Waals surface area contributed by atoms with E-state index in [1.165, 1.54) is 46.5 Å². The highest BCUT2D eigenvalue weighted by Gasteiger charge is 2.23. The van der Waals surface area contributed by atoms with Crippen LogP contribution in [-0.4, -0.2) is 29.0 Å². The summed E-state index contributed by atoms with van der Waals surface area (Å²) in [5, 5.41) is 1.22. The predicted molar refractivity (Wildman–Crippen MR) is 98.7 cm³/mol. The summed E-state index contributed by atoms with van der Waals surface area (Å²) in [6, 6.07) is 11.8. The van der Waals surface area contributed by atoms with Gasteiger partial charge in [0.15, 0.2) is 0 Å². The van der Waals surface area contributed by atoms with Crippen LogP contribution in [0.3, 0.4) is 0 Å². The summed E-state index contributed by atoms with van der Waals surface area (Å²) in [6.45, 7) is 4.05. The average molecular weight is 352 g/mol. The third-order valence-corrected chi connectivity index (χ3v) is 4.94. The zero-order valence-corrected chi connectivity index (χ0v) is 15.0. The predicted octanol–water partition coefficient (Wildman–Crippen LogP) is 3.68. The van der Waals surface area contributed by atoms with E-state index in [1.54, 1.807) is 0 Å². The van der Waals surface area contributed by atoms with Gasteiger partial charge in [-0.15, -0.1) is 0 Å². The summed E-state index contributed by atoms with van der Waals surface area (Å²) in [5.74, 6) is -0.353. The van der Waals surface area contributed by atoms with Gasteiger partial charge in [-0.05, 0) is 62.4 Å². The van der Waals surface area contributed by atoms with Gasteiger partial charge in [0.1, 0.15) is 18.1 Å². The van der Waals surface area contributed by atoms with Crippen LogP contribution in [0.2, 0.25) is 0 Å². The second kappa shape index (κ2) is 6.57. The summed E-state index contributed by atoms with van der Waals surface area (Å²) in [4.78, 5) is 14.8. The van der Waals surface area contributed by atoms with Crippen molar-refractivity contribution < 1.29 is 13.9 Å². The van der Waals surface area contributed by atoms with Crippen LogP contribution in [0, 0.1) is 12.7 Å². The second-order valence-corrected chi connectivity index (χ2v) is 6.95. The summed E-state index contributed by atoms with van der Waals surface area (Å²) in [6.07, 6.45) is 0.978. The minimum absolute atomic E-state index is 0.139. The molecule has 0 saturated heterocycles. The van der Waals surface area contributed by atoms with Crippen LogP contribution in [0.15, 0.2) is 42.5 Å². The molecule has 2 aromatic carbocycles. The van der Waals surface area contributed by atoms with Crippen molar-refractivity contribution in [3.05, 3.63) is 65.1 Å². The molecule has 5 heteroatoms. The molecule has 0 bridgehead atoms. The zero-order valence-electron chi connectivity index (χ0n) is 15.0. The van der Waals surface area contributed by atoms with Crippen molar-refractivity contribution in [1.82, 2.24) is 9.47 Å². The van der Waals surface area contributed by atoms with E-state index in [0.29, 0.717) is 5.75 Å². The molecule has 134 valence electrons. The number of carbonyl (C=O) groups excluding carboxylic acids is 1. The van der Waals surface area contributed by atoms with Gasteiger partial charge in [0, 0.05) is 29.7 Å². The van der Waals surface area contributed by atoms with Crippen LogP contribution in [0.5, 0.6) is 5.75 Å². The minimum atomic E-state index is -0.356. The lowest BCUT2D eigenvalue weighted by atomic mass is 10.0. The Morgan fingerprint density at radius 2 is 1.96 bits per heavy atom. The lowest BCUT2D eigenvalue weighted by Gasteiger charge is -2.24. The Morgan fingerprint density at radius 1 is 1.19 bits per heavy atom. The molecule has 0 aliphatic carbocycles. The highest BCUT2D eigenvalue weighted by molar-refractivity contribution is 5.88. The van der Waals surface area contributed by atoms with Gasteiger partial charge in [-0.1, -0.05) is 11.6 Å². The number of fused-ring (bicyclic) bond motifs is 3. The number of benzene rings is 2. The normalized spacial score (nSPS) is 14.4. The molecule has 1 aromatic heterocycles. The molecule has 4 rings (SSSR count). The fourth-order valence-corrected chi connectivity index (χ4v) is 3.66. The number of esters is 1. The molecule has 26 heavy (non-hydrogen) atoms. The van der Waals surface area contributed by atoms with Gasteiger partial charge in [-0.25, -0.2) is 9.18 Å². The van der Waals surface area contributed by atoms with Crippen molar-refractivity contribution in [2.45, 2.75) is 26.4 Å². The maximum absolute atomic E-state index is 13.0. The van der Waals surface area contributed by atoms with Crippen molar-refractivity contribution in [3.8, 4) is 5.75 Å². The van der Waals surface area contributed by atoms with Gasteiger partial charge in [0.2, 0.25) is 0 Å². The highest BCUT2D eigenvalue weighted by atomic mass is 19.1. The van der Waals surface area contributed by atoms with Gasteiger partial charge in [0.25, 0.3) is 0 Å². The number of aromatic nitrogens is 1. The molecule has 1 aliphatic rings. The molecular formula is C21H21FN2O2. The monoisotopic (exact) mass is 352 g/mol. The van der Waals surface area contributed by atoms with Crippen molar-refractivity contribution >= 4 is 16.9 Å². The van der Waals surface area contributed by atoms with Crippen LogP contribution >= 0.6 is 0 Å². The van der Waals surface area contributed by atoms with Crippen LogP contribution in [0.1, 0.15) is 16.8 Å². The maximum atomic E-state index is 13.0. The Labute approximate surface area is 151 Å². The summed E-state index contributed by atoms with van der Waals surface area (Å²) >= 11 is 0. The summed E-state index contributed by atoms with van der Waals surface area (Å²) in [5.41, 5.74) is 4.78. The molecule has 0 fully saturated rings. The molecule has 0 amide bonds. The molecular weight excluding hydrogens is 331 g/mol. The maximum Gasteiger partial charge on any atom is 0.331 e. The van der Waals surface area contributed by atoms with Crippen LogP contribution < -0.4 is 4.74 Å². The van der Waals surface area contributed by atoms with Gasteiger partial charge in [-0.2, -0.15) is 0 Å². The Morgan fingerprint density at radius 3 is 2.73 bits per heavy atom. The number of halogens is 1. The molecule has 1 aliphatic heterocycles. The van der Waals surface area contributed by atoms with Crippen molar-refractivity contribution in [2.24, 2.45) is 0 Å². The average Bonchev–Trinajstić information content (AvgIpc) is 2.89. The molecule has 0 unspecified atom stereocenters. The van der Waals surface area contributed by atoms with E-state index in [9.17, 15) is 9.18 Å². The standard InChI is InChI=1S/C21H21FN2O2/c1-14-3-8-19-18(11-14)17-9-10-23(2)12-20(17)24(19)13-21(25)26-16-6-4-15(22)5-7-16/h3-8,11H,9-10,12-13H2,1-2H3. The van der Waals surface area contributed by atoms with E-state index >= 15 is 0 Å². The largest absolute Gasteiger partial charge is 0.425 e. The first-order valence-electron chi connectivity index (χ1n) is 8.76. The van der Waals surface area contributed by atoms with Crippen molar-refractivity contribution in [1.29, 1.82) is 0 Å². The van der Waals surface area contributed by atoms with E-state index in [-0.39, 0.29) is 18.3 Å². The number of rotatable bonds is 3. The molecule has 0 spiro atoms. The number of ether oxygens (including phenoxy) is 1. The van der Waals surface area contributed by atoms with E-state index in [0.717, 1.165) is 25.0 Å². The van der Waals surface area contributed by atoms with Crippen molar-refractivity contribution in [2.75, 3.05) is 13.6 Å². The quantitative estimate of drug-likeness (QED) is 0.533. The lowest BCUT2D eigenvalue weighted by Crippen LogP contribution is -2.29. The van der Waals surface area contributed by atoms with Gasteiger partial charge >= 0.3 is 5.97 Å². The van der Waals surface area contributed by atoms with Gasteiger partial charge in [-0.3, -0.25) is 0 Å². The van der Waals surface area contributed by atoms with Crippen LogP contribution in [-0.2, 0) is 24.3 Å². The summed E-state index contributed by atoms with van der Waals surface area (Å²) in [7, 11) is 2.09. The first kappa shape index (κ1) is 16.8. The fourth-order valence-electron chi connectivity index (χ4n) is 3.66. The van der Waals surface area contributed by atoms with Gasteiger partial charge < -0.3 is 14.2 Å². The number of nitrogens with zero attached hydrogens (tertiary/aromatic N) is 2. The molecule has 3 aromatic rings. The molecule has 0 radical (unpaired) electrons. The number of hydrogen-bond acceptors (Lipinski definition) is 3.